The van der Waals surface area contributed by atoms with Crippen molar-refractivity contribution >= 4 is 34.3 Å². The summed E-state index contributed by atoms with van der Waals surface area (Å²) < 4.78 is 5.34. The second-order valence-corrected chi connectivity index (χ2v) is 4.80. The third-order valence-electron chi connectivity index (χ3n) is 2.38. The third kappa shape index (κ3) is 1.64. The molecule has 3 heteroatoms. The Morgan fingerprint density at radius 1 is 1.43 bits per heavy atom. The van der Waals surface area contributed by atoms with Crippen LogP contribution in [0.1, 0.15) is 17.7 Å². The summed E-state index contributed by atoms with van der Waals surface area (Å²) in [4.78, 5) is 0. The zero-order valence-electron chi connectivity index (χ0n) is 8.08. The molecule has 0 fully saturated rings. The molecule has 0 radical (unpaired) electrons. The molecule has 1 atom stereocenters. The summed E-state index contributed by atoms with van der Waals surface area (Å²) >= 11 is 7.76. The predicted octanol–water partition coefficient (Wildman–Crippen LogP) is 4.51. The number of benzene rings is 1. The van der Waals surface area contributed by atoms with E-state index in [9.17, 15) is 0 Å². The molecule has 1 nitrogen and oxygen atoms in total. The zero-order chi connectivity index (χ0) is 10.1. The van der Waals surface area contributed by atoms with Crippen molar-refractivity contribution in [1.82, 2.24) is 0 Å². The van der Waals surface area contributed by atoms with Crippen LogP contribution >= 0.6 is 23.4 Å². The van der Waals surface area contributed by atoms with Crippen LogP contribution in [-0.2, 0) is 0 Å². The van der Waals surface area contributed by atoms with Gasteiger partial charge in [-0.05, 0) is 30.9 Å². The van der Waals surface area contributed by atoms with E-state index in [1.165, 1.54) is 5.56 Å². The maximum absolute atomic E-state index is 5.94. The smallest absolute Gasteiger partial charge is 0.135 e. The van der Waals surface area contributed by atoms with E-state index in [0.717, 1.165) is 11.0 Å². The summed E-state index contributed by atoms with van der Waals surface area (Å²) in [5.41, 5.74) is 2.14. The Labute approximate surface area is 92.4 Å². The van der Waals surface area contributed by atoms with Crippen molar-refractivity contribution in [3.63, 3.8) is 0 Å². The molecule has 0 saturated carbocycles. The zero-order valence-corrected chi connectivity index (χ0v) is 9.65. The molecular formula is C11H11ClOS. The van der Waals surface area contributed by atoms with Gasteiger partial charge >= 0.3 is 0 Å². The van der Waals surface area contributed by atoms with Crippen molar-refractivity contribution < 1.29 is 4.42 Å². The number of thioether (sulfide) groups is 1. The molecule has 0 bridgehead atoms. The molecule has 0 aliphatic heterocycles. The maximum Gasteiger partial charge on any atom is 0.135 e. The van der Waals surface area contributed by atoms with Gasteiger partial charge in [0.05, 0.1) is 5.02 Å². The second-order valence-electron chi connectivity index (χ2n) is 3.22. The molecule has 0 amide bonds. The summed E-state index contributed by atoms with van der Waals surface area (Å²) in [6.07, 6.45) is 3.68. The Balaban J connectivity index is 2.52. The van der Waals surface area contributed by atoms with E-state index in [4.69, 9.17) is 16.0 Å². The van der Waals surface area contributed by atoms with Gasteiger partial charge in [-0.2, -0.15) is 11.8 Å². The monoisotopic (exact) mass is 226 g/mol. The first-order chi connectivity index (χ1) is 6.72. The number of hydrogen-bond acceptors (Lipinski definition) is 2. The number of furan rings is 1. The second kappa shape index (κ2) is 3.87. The molecular weight excluding hydrogens is 216 g/mol. The lowest BCUT2D eigenvalue weighted by atomic mass is 10.1. The van der Waals surface area contributed by atoms with Crippen LogP contribution in [0.2, 0.25) is 5.02 Å². The largest absolute Gasteiger partial charge is 0.463 e. The molecule has 1 aromatic carbocycles. The van der Waals surface area contributed by atoms with Gasteiger partial charge in [0, 0.05) is 10.6 Å². The van der Waals surface area contributed by atoms with Crippen LogP contribution in [0.15, 0.2) is 28.9 Å². The van der Waals surface area contributed by atoms with Crippen molar-refractivity contribution in [2.24, 2.45) is 0 Å². The van der Waals surface area contributed by atoms with Crippen LogP contribution < -0.4 is 0 Å². The minimum Gasteiger partial charge on any atom is -0.463 e. The van der Waals surface area contributed by atoms with Gasteiger partial charge in [0.1, 0.15) is 11.8 Å². The molecule has 1 heterocycles. The first kappa shape index (κ1) is 9.94. The van der Waals surface area contributed by atoms with Gasteiger partial charge in [-0.25, -0.2) is 0 Å². The standard InChI is InChI=1S/C11H11ClOS/c1-7(14-2)8-3-4-9-10(12)6-13-11(9)5-8/h3-7H,1-2H3. The summed E-state index contributed by atoms with van der Waals surface area (Å²) in [7, 11) is 0. The molecule has 74 valence electrons. The number of fused-ring (bicyclic) bond motifs is 1. The lowest BCUT2D eigenvalue weighted by Crippen LogP contribution is -1.85. The predicted molar refractivity (Wildman–Crippen MR) is 63.2 cm³/mol. The SMILES string of the molecule is CSC(C)c1ccc2c(Cl)coc2c1. The van der Waals surface area contributed by atoms with Gasteiger partial charge in [0.15, 0.2) is 0 Å². The van der Waals surface area contributed by atoms with E-state index in [0.29, 0.717) is 10.3 Å². The van der Waals surface area contributed by atoms with Gasteiger partial charge < -0.3 is 4.42 Å². The van der Waals surface area contributed by atoms with Gasteiger partial charge in [-0.1, -0.05) is 17.7 Å². The normalized spacial score (nSPS) is 13.4. The molecule has 0 saturated heterocycles. The molecule has 0 aliphatic rings. The van der Waals surface area contributed by atoms with Crippen LogP contribution in [0.25, 0.3) is 11.0 Å². The third-order valence-corrected chi connectivity index (χ3v) is 3.65. The Kier molecular flexibility index (Phi) is 2.75. The van der Waals surface area contributed by atoms with Crippen molar-refractivity contribution in [3.05, 3.63) is 35.0 Å². The Morgan fingerprint density at radius 2 is 2.21 bits per heavy atom. The highest BCUT2D eigenvalue weighted by molar-refractivity contribution is 7.98. The summed E-state index contributed by atoms with van der Waals surface area (Å²) in [6.45, 7) is 2.18. The Morgan fingerprint density at radius 3 is 2.93 bits per heavy atom. The summed E-state index contributed by atoms with van der Waals surface area (Å²) in [6, 6.07) is 6.18. The highest BCUT2D eigenvalue weighted by atomic mass is 35.5. The van der Waals surface area contributed by atoms with Crippen molar-refractivity contribution in [3.8, 4) is 0 Å². The fourth-order valence-electron chi connectivity index (χ4n) is 1.40. The summed E-state index contributed by atoms with van der Waals surface area (Å²) in [5, 5.41) is 2.16. The molecule has 14 heavy (non-hydrogen) atoms. The number of rotatable bonds is 2. The highest BCUT2D eigenvalue weighted by Crippen LogP contribution is 2.31. The average molecular weight is 227 g/mol. The number of halogens is 1. The van der Waals surface area contributed by atoms with Crippen LogP contribution in [0.5, 0.6) is 0 Å². The fraction of sp³-hybridized carbons (Fsp3) is 0.273. The van der Waals surface area contributed by atoms with Crippen molar-refractivity contribution in [2.45, 2.75) is 12.2 Å². The first-order valence-corrected chi connectivity index (χ1v) is 6.08. The minimum atomic E-state index is 0.489. The Bertz CT molecular complexity index is 449. The van der Waals surface area contributed by atoms with E-state index in [2.05, 4.69) is 25.3 Å². The summed E-state index contributed by atoms with van der Waals surface area (Å²) in [5.74, 6) is 0. The number of hydrogen-bond donors (Lipinski definition) is 0. The molecule has 2 rings (SSSR count). The van der Waals surface area contributed by atoms with Gasteiger partial charge in [-0.15, -0.1) is 0 Å². The van der Waals surface area contributed by atoms with Gasteiger partial charge in [0.2, 0.25) is 0 Å². The Hall–Kier alpha value is -0.600. The molecule has 0 aliphatic carbocycles. The van der Waals surface area contributed by atoms with E-state index in [1.54, 1.807) is 6.26 Å². The van der Waals surface area contributed by atoms with Crippen LogP contribution in [0.4, 0.5) is 0 Å². The first-order valence-electron chi connectivity index (χ1n) is 4.42. The van der Waals surface area contributed by atoms with Gasteiger partial charge in [-0.3, -0.25) is 0 Å². The van der Waals surface area contributed by atoms with Crippen LogP contribution in [0, 0.1) is 0 Å². The highest BCUT2D eigenvalue weighted by Gasteiger charge is 2.08. The van der Waals surface area contributed by atoms with Gasteiger partial charge in [0.25, 0.3) is 0 Å². The lowest BCUT2D eigenvalue weighted by Gasteiger charge is -2.07. The topological polar surface area (TPSA) is 13.1 Å². The molecule has 1 unspecified atom stereocenters. The average Bonchev–Trinajstić information content (AvgIpc) is 2.59. The van der Waals surface area contributed by atoms with E-state index < -0.39 is 0 Å². The van der Waals surface area contributed by atoms with Crippen molar-refractivity contribution in [2.75, 3.05) is 6.26 Å². The van der Waals surface area contributed by atoms with Crippen LogP contribution in [-0.4, -0.2) is 6.26 Å². The molecule has 0 spiro atoms. The molecule has 1 aromatic heterocycles. The van der Waals surface area contributed by atoms with E-state index in [-0.39, 0.29) is 0 Å². The fourth-order valence-corrected chi connectivity index (χ4v) is 2.02. The quantitative estimate of drug-likeness (QED) is 0.748. The minimum absolute atomic E-state index is 0.489. The van der Waals surface area contributed by atoms with E-state index >= 15 is 0 Å². The maximum atomic E-state index is 5.94. The molecule has 2 aromatic rings. The van der Waals surface area contributed by atoms with Crippen LogP contribution in [0.3, 0.4) is 0 Å². The lowest BCUT2D eigenvalue weighted by molar-refractivity contribution is 0.615. The van der Waals surface area contributed by atoms with Crippen molar-refractivity contribution in [1.29, 1.82) is 0 Å². The molecule has 0 N–H and O–H groups in total. The van der Waals surface area contributed by atoms with E-state index in [1.807, 2.05) is 17.8 Å².